The third kappa shape index (κ3) is 3.98. The number of aliphatic imine (C=N–C) groups is 1. The third-order valence-electron chi connectivity index (χ3n) is 5.97. The van der Waals surface area contributed by atoms with Crippen LogP contribution in [0.15, 0.2) is 70.6 Å². The highest BCUT2D eigenvalue weighted by Crippen LogP contribution is 2.34. The van der Waals surface area contributed by atoms with Crippen LogP contribution in [0.3, 0.4) is 0 Å². The monoisotopic (exact) mass is 427 g/mol. The number of carbonyl (C=O) groups is 1. The maximum atomic E-state index is 12.9. The van der Waals surface area contributed by atoms with Crippen LogP contribution in [-0.4, -0.2) is 36.1 Å². The average Bonchev–Trinajstić information content (AvgIpc) is 3.41. The van der Waals surface area contributed by atoms with Crippen LogP contribution in [0.5, 0.6) is 0 Å². The number of amides is 1. The molecule has 0 aliphatic carbocycles. The van der Waals surface area contributed by atoms with E-state index < -0.39 is 0 Å². The second-order valence-corrected chi connectivity index (χ2v) is 9.14. The van der Waals surface area contributed by atoms with Crippen molar-refractivity contribution < 1.29 is 4.79 Å². The fourth-order valence-corrected chi connectivity index (χ4v) is 5.12. The molecule has 2 aliphatic heterocycles. The molecule has 0 saturated carbocycles. The Morgan fingerprint density at radius 3 is 2.52 bits per heavy atom. The summed E-state index contributed by atoms with van der Waals surface area (Å²) >= 11 is 1.44. The Labute approximate surface area is 187 Å². The van der Waals surface area contributed by atoms with Crippen molar-refractivity contribution in [3.05, 3.63) is 76.7 Å². The second kappa shape index (κ2) is 8.23. The van der Waals surface area contributed by atoms with Crippen molar-refractivity contribution in [3.8, 4) is 0 Å². The Kier molecular flexibility index (Phi) is 5.28. The number of anilines is 1. The molecule has 0 spiro atoms. The molecule has 5 heteroatoms. The Morgan fingerprint density at radius 1 is 0.968 bits per heavy atom. The molecule has 0 aromatic heterocycles. The van der Waals surface area contributed by atoms with Crippen LogP contribution in [0.2, 0.25) is 0 Å². The number of rotatable bonds is 3. The van der Waals surface area contributed by atoms with E-state index in [-0.39, 0.29) is 5.91 Å². The SMILES string of the molecule is Cc1cc(N2CCCC2)ccc1/C=C1\SC(=Nc2ccc3ccccc3c2)N(C)C1=O. The molecule has 0 unspecified atom stereocenters. The van der Waals surface area contributed by atoms with Crippen LogP contribution in [0, 0.1) is 6.92 Å². The highest BCUT2D eigenvalue weighted by Gasteiger charge is 2.30. The smallest absolute Gasteiger partial charge is 0.266 e. The van der Waals surface area contributed by atoms with Gasteiger partial charge in [0.05, 0.1) is 10.6 Å². The lowest BCUT2D eigenvalue weighted by atomic mass is 10.1. The minimum Gasteiger partial charge on any atom is -0.372 e. The molecule has 1 amide bonds. The summed E-state index contributed by atoms with van der Waals surface area (Å²) < 4.78 is 0. The minimum absolute atomic E-state index is 0.00689. The van der Waals surface area contributed by atoms with Crippen LogP contribution in [0.1, 0.15) is 24.0 Å². The van der Waals surface area contributed by atoms with Crippen LogP contribution in [0.25, 0.3) is 16.8 Å². The van der Waals surface area contributed by atoms with Gasteiger partial charge in [0.15, 0.2) is 5.17 Å². The van der Waals surface area contributed by atoms with Crippen molar-refractivity contribution in [2.45, 2.75) is 19.8 Å². The zero-order chi connectivity index (χ0) is 21.4. The number of aryl methyl sites for hydroxylation is 1. The molecule has 2 saturated heterocycles. The molecule has 2 aliphatic rings. The number of carbonyl (C=O) groups excluding carboxylic acids is 1. The number of thioether (sulfide) groups is 1. The molecule has 156 valence electrons. The van der Waals surface area contributed by atoms with Crippen molar-refractivity contribution in [1.29, 1.82) is 0 Å². The van der Waals surface area contributed by atoms with Gasteiger partial charge in [0, 0.05) is 25.8 Å². The third-order valence-corrected chi connectivity index (χ3v) is 7.03. The highest BCUT2D eigenvalue weighted by atomic mass is 32.2. The zero-order valence-electron chi connectivity index (χ0n) is 17.8. The van der Waals surface area contributed by atoms with Crippen molar-refractivity contribution >= 4 is 51.1 Å². The van der Waals surface area contributed by atoms with Crippen molar-refractivity contribution in [3.63, 3.8) is 0 Å². The number of likely N-dealkylation sites (N-methyl/N-ethyl adjacent to an activating group) is 1. The fraction of sp³-hybridized carbons (Fsp3) is 0.231. The first-order chi connectivity index (χ1) is 15.1. The first kappa shape index (κ1) is 19.9. The predicted molar refractivity (Wildman–Crippen MR) is 132 cm³/mol. The number of hydrogen-bond donors (Lipinski definition) is 0. The molecule has 0 N–H and O–H groups in total. The molecule has 2 heterocycles. The highest BCUT2D eigenvalue weighted by molar-refractivity contribution is 8.18. The Balaban J connectivity index is 1.41. The van der Waals surface area contributed by atoms with E-state index in [4.69, 9.17) is 4.99 Å². The largest absolute Gasteiger partial charge is 0.372 e. The van der Waals surface area contributed by atoms with Gasteiger partial charge in [0.2, 0.25) is 0 Å². The van der Waals surface area contributed by atoms with E-state index in [0.29, 0.717) is 10.1 Å². The van der Waals surface area contributed by atoms with Gasteiger partial charge in [-0.05, 0) is 83.8 Å². The Hall–Kier alpha value is -3.05. The van der Waals surface area contributed by atoms with Crippen LogP contribution in [0.4, 0.5) is 11.4 Å². The number of fused-ring (bicyclic) bond motifs is 1. The molecule has 4 nitrogen and oxygen atoms in total. The molecule has 2 fully saturated rings. The van der Waals surface area contributed by atoms with Gasteiger partial charge in [0.1, 0.15) is 0 Å². The topological polar surface area (TPSA) is 35.9 Å². The summed E-state index contributed by atoms with van der Waals surface area (Å²) in [5.41, 5.74) is 4.40. The van der Waals surface area contributed by atoms with Crippen LogP contribution < -0.4 is 4.90 Å². The first-order valence-electron chi connectivity index (χ1n) is 10.7. The maximum absolute atomic E-state index is 12.9. The molecular formula is C26H25N3OS. The summed E-state index contributed by atoms with van der Waals surface area (Å²) in [6.07, 6.45) is 4.53. The summed E-state index contributed by atoms with van der Waals surface area (Å²) in [5, 5.41) is 3.03. The lowest BCUT2D eigenvalue weighted by molar-refractivity contribution is -0.121. The Bertz CT molecular complexity index is 1220. The first-order valence-corrected chi connectivity index (χ1v) is 11.5. The van der Waals surface area contributed by atoms with E-state index in [1.54, 1.807) is 11.9 Å². The fourth-order valence-electron chi connectivity index (χ4n) is 4.14. The second-order valence-electron chi connectivity index (χ2n) is 8.14. The normalized spacial score (nSPS) is 19.4. The van der Waals surface area contributed by atoms with E-state index in [1.165, 1.54) is 41.2 Å². The lowest BCUT2D eigenvalue weighted by Gasteiger charge is -2.18. The summed E-state index contributed by atoms with van der Waals surface area (Å²) in [4.78, 5) is 22.4. The van der Waals surface area contributed by atoms with Gasteiger partial charge in [-0.2, -0.15) is 0 Å². The van der Waals surface area contributed by atoms with Gasteiger partial charge >= 0.3 is 0 Å². The standard InChI is InChI=1S/C26H25N3OS/c1-18-15-23(29-13-5-6-14-29)12-10-20(18)17-24-25(30)28(2)26(31-24)27-22-11-9-19-7-3-4-8-21(19)16-22/h3-4,7-12,15-17H,5-6,13-14H2,1-2H3/b24-17-,27-26?. The molecule has 3 aromatic rings. The predicted octanol–water partition coefficient (Wildman–Crippen LogP) is 5.98. The molecule has 3 aromatic carbocycles. The van der Waals surface area contributed by atoms with Gasteiger partial charge in [-0.25, -0.2) is 4.99 Å². The number of nitrogens with zero attached hydrogens (tertiary/aromatic N) is 3. The lowest BCUT2D eigenvalue weighted by Crippen LogP contribution is -2.23. The van der Waals surface area contributed by atoms with Gasteiger partial charge in [0.25, 0.3) is 5.91 Å². The molecule has 0 atom stereocenters. The van der Waals surface area contributed by atoms with Crippen molar-refractivity contribution in [2.75, 3.05) is 25.0 Å². The summed E-state index contributed by atoms with van der Waals surface area (Å²) in [7, 11) is 1.79. The van der Waals surface area contributed by atoms with Crippen molar-refractivity contribution in [1.82, 2.24) is 4.90 Å². The Morgan fingerprint density at radius 2 is 1.74 bits per heavy atom. The molecule has 0 radical (unpaired) electrons. The molecular weight excluding hydrogens is 402 g/mol. The van der Waals surface area contributed by atoms with Gasteiger partial charge in [-0.15, -0.1) is 0 Å². The quantitative estimate of drug-likeness (QED) is 0.482. The van der Waals surface area contributed by atoms with E-state index in [2.05, 4.69) is 54.3 Å². The van der Waals surface area contributed by atoms with Gasteiger partial charge in [-0.1, -0.05) is 36.4 Å². The van der Waals surface area contributed by atoms with Crippen LogP contribution >= 0.6 is 11.8 Å². The number of benzene rings is 3. The summed E-state index contributed by atoms with van der Waals surface area (Å²) in [6.45, 7) is 4.38. The van der Waals surface area contributed by atoms with Gasteiger partial charge in [-0.3, -0.25) is 9.69 Å². The molecule has 31 heavy (non-hydrogen) atoms. The number of hydrogen-bond acceptors (Lipinski definition) is 4. The van der Waals surface area contributed by atoms with Crippen LogP contribution in [-0.2, 0) is 4.79 Å². The number of amidine groups is 1. The minimum atomic E-state index is -0.00689. The zero-order valence-corrected chi connectivity index (χ0v) is 18.7. The summed E-state index contributed by atoms with van der Waals surface area (Å²) in [6, 6.07) is 20.9. The molecule has 5 rings (SSSR count). The van der Waals surface area contributed by atoms with E-state index in [9.17, 15) is 4.79 Å². The van der Waals surface area contributed by atoms with E-state index in [1.807, 2.05) is 24.3 Å². The maximum Gasteiger partial charge on any atom is 0.266 e. The molecule has 0 bridgehead atoms. The van der Waals surface area contributed by atoms with Gasteiger partial charge < -0.3 is 4.90 Å². The summed E-state index contributed by atoms with van der Waals surface area (Å²) in [5.74, 6) is -0.00689. The van der Waals surface area contributed by atoms with E-state index in [0.717, 1.165) is 29.7 Å². The van der Waals surface area contributed by atoms with Crippen molar-refractivity contribution in [2.24, 2.45) is 4.99 Å². The average molecular weight is 428 g/mol. The van der Waals surface area contributed by atoms with E-state index >= 15 is 0 Å².